The fraction of sp³-hybridized carbons (Fsp3) is 0.588. The quantitative estimate of drug-likeness (QED) is 0.917. The Balaban J connectivity index is 1.76. The van der Waals surface area contributed by atoms with Gasteiger partial charge in [-0.05, 0) is 30.7 Å². The molecule has 2 N–H and O–H groups in total. The average molecular weight is 272 g/mol. The predicted molar refractivity (Wildman–Crippen MR) is 80.3 cm³/mol. The van der Waals surface area contributed by atoms with Crippen molar-refractivity contribution in [2.45, 2.75) is 44.1 Å². The molecule has 1 aromatic carbocycles. The van der Waals surface area contributed by atoms with E-state index in [2.05, 4.69) is 24.0 Å². The maximum absolute atomic E-state index is 12.9. The van der Waals surface area contributed by atoms with E-state index < -0.39 is 0 Å². The monoisotopic (exact) mass is 272 g/mol. The molecule has 1 aliphatic carbocycles. The summed E-state index contributed by atoms with van der Waals surface area (Å²) in [5.74, 6) is 0.785. The van der Waals surface area contributed by atoms with Crippen LogP contribution in [0.15, 0.2) is 30.3 Å². The summed E-state index contributed by atoms with van der Waals surface area (Å²) in [5.41, 5.74) is 7.12. The lowest BCUT2D eigenvalue weighted by Crippen LogP contribution is -2.51. The van der Waals surface area contributed by atoms with Crippen LogP contribution >= 0.6 is 0 Å². The highest BCUT2D eigenvalue weighted by molar-refractivity contribution is 5.91. The SMILES string of the molecule is CCC1CN(C(=O)C2(c3ccccc3)CC2)CCC1N. The first-order chi connectivity index (χ1) is 9.67. The second-order valence-corrected chi connectivity index (χ2v) is 6.32. The molecule has 0 bridgehead atoms. The second-order valence-electron chi connectivity index (χ2n) is 6.32. The van der Waals surface area contributed by atoms with Crippen LogP contribution < -0.4 is 5.73 Å². The van der Waals surface area contributed by atoms with Crippen molar-refractivity contribution in [1.29, 1.82) is 0 Å². The maximum atomic E-state index is 12.9. The largest absolute Gasteiger partial charge is 0.342 e. The summed E-state index contributed by atoms with van der Waals surface area (Å²) in [7, 11) is 0. The molecule has 1 aliphatic heterocycles. The zero-order valence-corrected chi connectivity index (χ0v) is 12.2. The van der Waals surface area contributed by atoms with Gasteiger partial charge in [0.05, 0.1) is 5.41 Å². The van der Waals surface area contributed by atoms with Gasteiger partial charge >= 0.3 is 0 Å². The van der Waals surface area contributed by atoms with Gasteiger partial charge in [0.1, 0.15) is 0 Å². The van der Waals surface area contributed by atoms with E-state index in [0.29, 0.717) is 11.8 Å². The van der Waals surface area contributed by atoms with Crippen LogP contribution in [0.1, 0.15) is 38.2 Å². The average Bonchev–Trinajstić information content (AvgIpc) is 3.30. The molecule has 3 nitrogen and oxygen atoms in total. The van der Waals surface area contributed by atoms with E-state index >= 15 is 0 Å². The van der Waals surface area contributed by atoms with Crippen molar-refractivity contribution in [1.82, 2.24) is 4.90 Å². The molecule has 2 unspecified atom stereocenters. The van der Waals surface area contributed by atoms with Crippen LogP contribution in [0.4, 0.5) is 0 Å². The van der Waals surface area contributed by atoms with Gasteiger partial charge in [-0.25, -0.2) is 0 Å². The summed E-state index contributed by atoms with van der Waals surface area (Å²) in [6.07, 6.45) is 3.99. The first-order valence-corrected chi connectivity index (χ1v) is 7.78. The standard InChI is InChI=1S/C17H24N2O/c1-2-13-12-19(11-8-15(13)18)16(20)17(9-10-17)14-6-4-3-5-7-14/h3-7,13,15H,2,8-12,18H2,1H3. The Labute approximate surface area is 121 Å². The molecule has 0 spiro atoms. The zero-order valence-electron chi connectivity index (χ0n) is 12.2. The lowest BCUT2D eigenvalue weighted by Gasteiger charge is -2.38. The molecule has 1 saturated carbocycles. The Kier molecular flexibility index (Phi) is 3.55. The van der Waals surface area contributed by atoms with Crippen molar-refractivity contribution >= 4 is 5.91 Å². The highest BCUT2D eigenvalue weighted by Crippen LogP contribution is 2.49. The molecule has 1 aromatic rings. The Morgan fingerprint density at radius 2 is 2.05 bits per heavy atom. The first kappa shape index (κ1) is 13.6. The molecule has 1 amide bonds. The van der Waals surface area contributed by atoms with Crippen molar-refractivity contribution in [2.75, 3.05) is 13.1 Å². The topological polar surface area (TPSA) is 46.3 Å². The maximum Gasteiger partial charge on any atom is 0.233 e. The molecule has 2 atom stereocenters. The van der Waals surface area contributed by atoms with Crippen molar-refractivity contribution in [3.05, 3.63) is 35.9 Å². The van der Waals surface area contributed by atoms with Gasteiger partial charge in [-0.15, -0.1) is 0 Å². The molecule has 3 heteroatoms. The zero-order chi connectivity index (χ0) is 14.2. The van der Waals surface area contributed by atoms with Gasteiger partial charge in [0.15, 0.2) is 0 Å². The molecule has 2 fully saturated rings. The molecule has 1 heterocycles. The summed E-state index contributed by atoms with van der Waals surface area (Å²) >= 11 is 0. The minimum Gasteiger partial charge on any atom is -0.342 e. The van der Waals surface area contributed by atoms with Gasteiger partial charge < -0.3 is 10.6 Å². The Morgan fingerprint density at radius 1 is 1.35 bits per heavy atom. The van der Waals surface area contributed by atoms with Gasteiger partial charge in [-0.2, -0.15) is 0 Å². The molecular formula is C17H24N2O. The summed E-state index contributed by atoms with van der Waals surface area (Å²) in [5, 5.41) is 0. The third kappa shape index (κ3) is 2.24. The fourth-order valence-electron chi connectivity index (χ4n) is 3.48. The van der Waals surface area contributed by atoms with Crippen LogP contribution in [0.5, 0.6) is 0 Å². The van der Waals surface area contributed by atoms with Crippen molar-refractivity contribution in [3.8, 4) is 0 Å². The number of hydrogen-bond acceptors (Lipinski definition) is 2. The van der Waals surface area contributed by atoms with Crippen molar-refractivity contribution < 1.29 is 4.79 Å². The van der Waals surface area contributed by atoms with E-state index in [1.54, 1.807) is 0 Å². The van der Waals surface area contributed by atoms with E-state index in [4.69, 9.17) is 5.73 Å². The normalized spacial score (nSPS) is 28.2. The number of piperidine rings is 1. The fourth-order valence-corrected chi connectivity index (χ4v) is 3.48. The molecule has 0 radical (unpaired) electrons. The van der Waals surface area contributed by atoms with E-state index in [1.165, 1.54) is 5.56 Å². The van der Waals surface area contributed by atoms with E-state index in [0.717, 1.165) is 38.8 Å². The molecular weight excluding hydrogens is 248 g/mol. The highest BCUT2D eigenvalue weighted by atomic mass is 16.2. The molecule has 108 valence electrons. The Morgan fingerprint density at radius 3 is 2.65 bits per heavy atom. The molecule has 0 aromatic heterocycles. The van der Waals surface area contributed by atoms with Crippen LogP contribution in [0, 0.1) is 5.92 Å². The predicted octanol–water partition coefficient (Wildman–Crippen LogP) is 2.30. The number of rotatable bonds is 3. The lowest BCUT2D eigenvalue weighted by atomic mass is 9.88. The lowest BCUT2D eigenvalue weighted by molar-refractivity contribution is -0.136. The van der Waals surface area contributed by atoms with E-state index in [1.807, 2.05) is 18.2 Å². The van der Waals surface area contributed by atoms with Crippen LogP contribution in [-0.2, 0) is 10.2 Å². The molecule has 1 saturated heterocycles. The van der Waals surface area contributed by atoms with E-state index in [9.17, 15) is 4.79 Å². The minimum absolute atomic E-state index is 0.221. The van der Waals surface area contributed by atoms with Gasteiger partial charge in [0.25, 0.3) is 0 Å². The number of benzene rings is 1. The van der Waals surface area contributed by atoms with Crippen molar-refractivity contribution in [3.63, 3.8) is 0 Å². The summed E-state index contributed by atoms with van der Waals surface area (Å²) in [4.78, 5) is 15.0. The number of nitrogens with two attached hydrogens (primary N) is 1. The van der Waals surface area contributed by atoms with Crippen LogP contribution in [0.25, 0.3) is 0 Å². The molecule has 3 rings (SSSR count). The Hall–Kier alpha value is -1.35. The van der Waals surface area contributed by atoms with E-state index in [-0.39, 0.29) is 11.5 Å². The highest BCUT2D eigenvalue weighted by Gasteiger charge is 2.53. The Bertz CT molecular complexity index is 481. The third-order valence-electron chi connectivity index (χ3n) is 5.09. The number of likely N-dealkylation sites (tertiary alicyclic amines) is 1. The van der Waals surface area contributed by atoms with Gasteiger partial charge in [-0.3, -0.25) is 4.79 Å². The van der Waals surface area contributed by atoms with Crippen LogP contribution in [0.3, 0.4) is 0 Å². The second kappa shape index (κ2) is 5.21. The molecule has 20 heavy (non-hydrogen) atoms. The van der Waals surface area contributed by atoms with Gasteiger partial charge in [0.2, 0.25) is 5.91 Å². The smallest absolute Gasteiger partial charge is 0.233 e. The third-order valence-corrected chi connectivity index (χ3v) is 5.09. The number of hydrogen-bond donors (Lipinski definition) is 1. The minimum atomic E-state index is -0.221. The number of amides is 1. The summed E-state index contributed by atoms with van der Waals surface area (Å²) < 4.78 is 0. The summed E-state index contributed by atoms with van der Waals surface area (Å²) in [6, 6.07) is 10.5. The first-order valence-electron chi connectivity index (χ1n) is 7.78. The molecule has 2 aliphatic rings. The van der Waals surface area contributed by atoms with Crippen LogP contribution in [0.2, 0.25) is 0 Å². The number of nitrogens with zero attached hydrogens (tertiary/aromatic N) is 1. The van der Waals surface area contributed by atoms with Crippen LogP contribution in [-0.4, -0.2) is 29.9 Å². The summed E-state index contributed by atoms with van der Waals surface area (Å²) in [6.45, 7) is 3.83. The van der Waals surface area contributed by atoms with Gasteiger partial charge in [-0.1, -0.05) is 43.7 Å². The van der Waals surface area contributed by atoms with Crippen molar-refractivity contribution in [2.24, 2.45) is 11.7 Å². The van der Waals surface area contributed by atoms with Gasteiger partial charge in [0, 0.05) is 19.1 Å². The number of carbonyl (C=O) groups excluding carboxylic acids is 1. The number of carbonyl (C=O) groups is 1.